The zero-order valence-corrected chi connectivity index (χ0v) is 12.1. The van der Waals surface area contributed by atoms with E-state index in [2.05, 4.69) is 43.0 Å². The van der Waals surface area contributed by atoms with Gasteiger partial charge in [-0.05, 0) is 50.3 Å². The van der Waals surface area contributed by atoms with Crippen LogP contribution >= 0.6 is 0 Å². The van der Waals surface area contributed by atoms with Crippen molar-refractivity contribution in [2.45, 2.75) is 32.7 Å². The molecule has 1 aliphatic rings. The van der Waals surface area contributed by atoms with Crippen molar-refractivity contribution in [3.63, 3.8) is 0 Å². The van der Waals surface area contributed by atoms with Gasteiger partial charge in [-0.2, -0.15) is 0 Å². The van der Waals surface area contributed by atoms with Crippen molar-refractivity contribution in [3.8, 4) is 0 Å². The van der Waals surface area contributed by atoms with Gasteiger partial charge in [-0.25, -0.2) is 0 Å². The molecule has 2 N–H and O–H groups in total. The van der Waals surface area contributed by atoms with Crippen LogP contribution in [0.5, 0.6) is 0 Å². The van der Waals surface area contributed by atoms with Crippen LogP contribution in [-0.2, 0) is 4.74 Å². The van der Waals surface area contributed by atoms with Crippen LogP contribution in [0.1, 0.15) is 25.3 Å². The Kier molecular flexibility index (Phi) is 5.23. The van der Waals surface area contributed by atoms with Crippen molar-refractivity contribution in [1.29, 1.82) is 0 Å². The van der Waals surface area contributed by atoms with Crippen LogP contribution in [0.15, 0.2) is 24.3 Å². The Labute approximate surface area is 116 Å². The molecule has 0 bridgehead atoms. The van der Waals surface area contributed by atoms with Crippen molar-refractivity contribution in [1.82, 2.24) is 0 Å². The van der Waals surface area contributed by atoms with Gasteiger partial charge in [-0.15, -0.1) is 0 Å². The molecule has 0 aliphatic carbocycles. The molecule has 3 heteroatoms. The first-order valence-electron chi connectivity index (χ1n) is 7.37. The molecule has 2 rings (SSSR count). The molecule has 1 aromatic carbocycles. The Morgan fingerprint density at radius 3 is 2.68 bits per heavy atom. The van der Waals surface area contributed by atoms with Gasteiger partial charge in [0, 0.05) is 38.0 Å². The summed E-state index contributed by atoms with van der Waals surface area (Å²) in [6.45, 7) is 7.84. The van der Waals surface area contributed by atoms with Crippen molar-refractivity contribution in [2.24, 2.45) is 11.7 Å². The number of hydrogen-bond acceptors (Lipinski definition) is 3. The highest BCUT2D eigenvalue weighted by atomic mass is 16.5. The average Bonchev–Trinajstić information content (AvgIpc) is 2.45. The van der Waals surface area contributed by atoms with Crippen LogP contribution in [-0.4, -0.2) is 32.3 Å². The molecular formula is C16H26N2O. The quantitative estimate of drug-likeness (QED) is 0.886. The van der Waals surface area contributed by atoms with Gasteiger partial charge in [0.2, 0.25) is 0 Å². The Hall–Kier alpha value is -1.06. The van der Waals surface area contributed by atoms with Crippen molar-refractivity contribution < 1.29 is 4.74 Å². The number of rotatable bonds is 5. The third kappa shape index (κ3) is 3.48. The summed E-state index contributed by atoms with van der Waals surface area (Å²) in [6, 6.07) is 9.15. The van der Waals surface area contributed by atoms with E-state index in [1.165, 1.54) is 11.3 Å². The number of nitrogens with zero attached hydrogens (tertiary/aromatic N) is 1. The molecule has 106 valence electrons. The second-order valence-corrected chi connectivity index (χ2v) is 5.38. The van der Waals surface area contributed by atoms with Gasteiger partial charge in [0.1, 0.15) is 0 Å². The van der Waals surface area contributed by atoms with Crippen LogP contribution in [0.25, 0.3) is 0 Å². The maximum Gasteiger partial charge on any atom is 0.0469 e. The maximum absolute atomic E-state index is 6.07. The third-order valence-electron chi connectivity index (χ3n) is 4.13. The largest absolute Gasteiger partial charge is 0.381 e. The second-order valence-electron chi connectivity index (χ2n) is 5.38. The monoisotopic (exact) mass is 262 g/mol. The van der Waals surface area contributed by atoms with Crippen LogP contribution in [0.3, 0.4) is 0 Å². The molecule has 3 nitrogen and oxygen atoms in total. The van der Waals surface area contributed by atoms with Crippen molar-refractivity contribution >= 4 is 5.69 Å². The van der Waals surface area contributed by atoms with Crippen molar-refractivity contribution in [2.75, 3.05) is 31.2 Å². The fourth-order valence-corrected chi connectivity index (χ4v) is 3.09. The summed E-state index contributed by atoms with van der Waals surface area (Å²) in [5, 5.41) is 0. The smallest absolute Gasteiger partial charge is 0.0469 e. The SMILES string of the molecule is CCN(c1cccc(C)c1)C(CN)C1CCOCC1. The van der Waals surface area contributed by atoms with E-state index in [9.17, 15) is 0 Å². The summed E-state index contributed by atoms with van der Waals surface area (Å²) in [5.41, 5.74) is 8.67. The molecule has 1 fully saturated rings. The van der Waals surface area contributed by atoms with Crippen LogP contribution in [0, 0.1) is 12.8 Å². The lowest BCUT2D eigenvalue weighted by Gasteiger charge is -2.39. The van der Waals surface area contributed by atoms with Gasteiger partial charge in [0.15, 0.2) is 0 Å². The van der Waals surface area contributed by atoms with Crippen LogP contribution < -0.4 is 10.6 Å². The summed E-state index contributed by atoms with van der Waals surface area (Å²) in [4.78, 5) is 2.46. The van der Waals surface area contributed by atoms with Crippen LogP contribution in [0.4, 0.5) is 5.69 Å². The molecule has 0 amide bonds. The number of aryl methyl sites for hydroxylation is 1. The summed E-state index contributed by atoms with van der Waals surface area (Å²) in [5.74, 6) is 0.652. The summed E-state index contributed by atoms with van der Waals surface area (Å²) in [6.07, 6.45) is 2.26. The minimum Gasteiger partial charge on any atom is -0.381 e. The molecular weight excluding hydrogens is 236 g/mol. The predicted octanol–water partition coefficient (Wildman–Crippen LogP) is 2.58. The zero-order chi connectivity index (χ0) is 13.7. The molecule has 1 heterocycles. The fourth-order valence-electron chi connectivity index (χ4n) is 3.09. The van der Waals surface area contributed by atoms with E-state index >= 15 is 0 Å². The highest BCUT2D eigenvalue weighted by Crippen LogP contribution is 2.27. The lowest BCUT2D eigenvalue weighted by molar-refractivity contribution is 0.0583. The standard InChI is InChI=1S/C16H26N2O/c1-3-18(15-6-4-5-13(2)11-15)16(12-17)14-7-9-19-10-8-14/h4-6,11,14,16H,3,7-10,12,17H2,1-2H3. The predicted molar refractivity (Wildman–Crippen MR) is 80.6 cm³/mol. The van der Waals surface area contributed by atoms with Gasteiger partial charge >= 0.3 is 0 Å². The first-order valence-corrected chi connectivity index (χ1v) is 7.37. The van der Waals surface area contributed by atoms with Crippen LogP contribution in [0.2, 0.25) is 0 Å². The second kappa shape index (κ2) is 6.92. The van der Waals surface area contributed by atoms with E-state index in [0.29, 0.717) is 18.5 Å². The number of anilines is 1. The van der Waals surface area contributed by atoms with E-state index in [1.54, 1.807) is 0 Å². The topological polar surface area (TPSA) is 38.5 Å². The lowest BCUT2D eigenvalue weighted by atomic mass is 9.90. The molecule has 0 spiro atoms. The van der Waals surface area contributed by atoms with Gasteiger partial charge in [-0.1, -0.05) is 12.1 Å². The molecule has 1 aromatic rings. The van der Waals surface area contributed by atoms with Gasteiger partial charge in [-0.3, -0.25) is 0 Å². The Morgan fingerprint density at radius 1 is 1.37 bits per heavy atom. The number of likely N-dealkylation sites (N-methyl/N-ethyl adjacent to an activating group) is 1. The van der Waals surface area contributed by atoms with E-state index in [1.807, 2.05) is 0 Å². The Balaban J connectivity index is 2.17. The number of hydrogen-bond donors (Lipinski definition) is 1. The lowest BCUT2D eigenvalue weighted by Crippen LogP contribution is -2.47. The first kappa shape index (κ1) is 14.4. The van der Waals surface area contributed by atoms with Gasteiger partial charge in [0.05, 0.1) is 0 Å². The fraction of sp³-hybridized carbons (Fsp3) is 0.625. The van der Waals surface area contributed by atoms with E-state index in [-0.39, 0.29) is 0 Å². The molecule has 1 atom stereocenters. The number of ether oxygens (including phenoxy) is 1. The van der Waals surface area contributed by atoms with E-state index in [0.717, 1.165) is 32.6 Å². The van der Waals surface area contributed by atoms with Gasteiger partial charge < -0.3 is 15.4 Å². The maximum atomic E-state index is 6.07. The molecule has 0 aromatic heterocycles. The molecule has 0 radical (unpaired) electrons. The Morgan fingerprint density at radius 2 is 2.11 bits per heavy atom. The number of benzene rings is 1. The third-order valence-corrected chi connectivity index (χ3v) is 4.13. The van der Waals surface area contributed by atoms with E-state index in [4.69, 9.17) is 10.5 Å². The zero-order valence-electron chi connectivity index (χ0n) is 12.1. The normalized spacial score (nSPS) is 18.3. The highest BCUT2D eigenvalue weighted by molar-refractivity contribution is 5.49. The molecule has 0 saturated carbocycles. The average molecular weight is 262 g/mol. The van der Waals surface area contributed by atoms with Crippen molar-refractivity contribution in [3.05, 3.63) is 29.8 Å². The molecule has 1 unspecified atom stereocenters. The summed E-state index contributed by atoms with van der Waals surface area (Å²) >= 11 is 0. The highest BCUT2D eigenvalue weighted by Gasteiger charge is 2.27. The summed E-state index contributed by atoms with van der Waals surface area (Å²) < 4.78 is 5.47. The number of nitrogens with two attached hydrogens (primary N) is 1. The minimum atomic E-state index is 0.427. The molecule has 1 saturated heterocycles. The molecule has 19 heavy (non-hydrogen) atoms. The molecule has 1 aliphatic heterocycles. The van der Waals surface area contributed by atoms with Gasteiger partial charge in [0.25, 0.3) is 0 Å². The van der Waals surface area contributed by atoms with E-state index < -0.39 is 0 Å². The minimum absolute atomic E-state index is 0.427. The Bertz CT molecular complexity index is 388. The summed E-state index contributed by atoms with van der Waals surface area (Å²) in [7, 11) is 0. The first-order chi connectivity index (χ1) is 9.26.